The minimum atomic E-state index is -0.440. The maximum Gasteiger partial charge on any atom is 0.323 e. The molecule has 1 aromatic rings. The monoisotopic (exact) mass is 347 g/mol. The number of hydrogen-bond donors (Lipinski definition) is 2. The Morgan fingerprint density at radius 2 is 2.09 bits per heavy atom. The van der Waals surface area contributed by atoms with E-state index < -0.39 is 6.04 Å². The van der Waals surface area contributed by atoms with E-state index in [0.29, 0.717) is 30.1 Å². The van der Waals surface area contributed by atoms with Crippen LogP contribution in [0.1, 0.15) is 18.4 Å². The van der Waals surface area contributed by atoms with Crippen LogP contribution < -0.4 is 0 Å². The van der Waals surface area contributed by atoms with Gasteiger partial charge in [-0.3, -0.25) is 9.69 Å². The van der Waals surface area contributed by atoms with Gasteiger partial charge in [-0.2, -0.15) is 0 Å². The van der Waals surface area contributed by atoms with Crippen LogP contribution in [0.4, 0.5) is 0 Å². The number of benzene rings is 1. The number of aromatic hydroxyl groups is 1. The molecule has 0 bridgehead atoms. The standard InChI is InChI=1S/C15H19Cl2NO4/c1-22-15(21)13-4-9(8-19)2-3-18(13)7-10-5-11(16)12(17)6-14(10)20/h5-6,9,13,19-20H,2-4,7-8H2,1H3. The summed E-state index contributed by atoms with van der Waals surface area (Å²) in [6, 6.07) is 2.56. The number of methoxy groups -OCH3 is 1. The predicted molar refractivity (Wildman–Crippen MR) is 84.2 cm³/mol. The van der Waals surface area contributed by atoms with Gasteiger partial charge in [0.15, 0.2) is 0 Å². The van der Waals surface area contributed by atoms with E-state index in [1.807, 2.05) is 4.90 Å². The van der Waals surface area contributed by atoms with Crippen LogP contribution in [0.2, 0.25) is 10.0 Å². The lowest BCUT2D eigenvalue weighted by Gasteiger charge is -2.37. The van der Waals surface area contributed by atoms with Crippen molar-refractivity contribution in [3.8, 4) is 5.75 Å². The molecule has 1 saturated heterocycles. The summed E-state index contributed by atoms with van der Waals surface area (Å²) in [4.78, 5) is 13.9. The second kappa shape index (κ2) is 7.51. The fourth-order valence-electron chi connectivity index (χ4n) is 2.75. The van der Waals surface area contributed by atoms with E-state index in [4.69, 9.17) is 27.9 Å². The Balaban J connectivity index is 2.19. The molecule has 7 heteroatoms. The lowest BCUT2D eigenvalue weighted by Crippen LogP contribution is -2.47. The molecule has 22 heavy (non-hydrogen) atoms. The summed E-state index contributed by atoms with van der Waals surface area (Å²) in [5.41, 5.74) is 0.603. The fraction of sp³-hybridized carbons (Fsp3) is 0.533. The molecule has 2 unspecified atom stereocenters. The van der Waals surface area contributed by atoms with Crippen molar-refractivity contribution < 1.29 is 19.7 Å². The number of halogens is 2. The first-order valence-electron chi connectivity index (χ1n) is 7.05. The molecule has 0 aromatic heterocycles. The normalized spacial score (nSPS) is 22.5. The number of phenolic OH excluding ortho intramolecular Hbond substituents is 1. The zero-order valence-electron chi connectivity index (χ0n) is 12.3. The fourth-order valence-corrected chi connectivity index (χ4v) is 3.09. The van der Waals surface area contributed by atoms with E-state index in [1.54, 1.807) is 6.07 Å². The van der Waals surface area contributed by atoms with Crippen LogP contribution in [0.15, 0.2) is 12.1 Å². The predicted octanol–water partition coefficient (Wildman–Crippen LogP) is 2.44. The number of esters is 1. The van der Waals surface area contributed by atoms with Crippen LogP contribution >= 0.6 is 23.2 Å². The zero-order valence-corrected chi connectivity index (χ0v) is 13.8. The van der Waals surface area contributed by atoms with Crippen molar-refractivity contribution in [2.75, 3.05) is 20.3 Å². The number of likely N-dealkylation sites (tertiary alicyclic amines) is 1. The average Bonchev–Trinajstić information content (AvgIpc) is 2.52. The molecule has 1 heterocycles. The number of piperidine rings is 1. The second-order valence-electron chi connectivity index (χ2n) is 5.48. The van der Waals surface area contributed by atoms with Crippen molar-refractivity contribution in [3.63, 3.8) is 0 Å². The molecule has 2 atom stereocenters. The van der Waals surface area contributed by atoms with E-state index >= 15 is 0 Å². The second-order valence-corrected chi connectivity index (χ2v) is 6.29. The third-order valence-electron chi connectivity index (χ3n) is 4.05. The van der Waals surface area contributed by atoms with Gasteiger partial charge in [0.05, 0.1) is 17.2 Å². The maximum atomic E-state index is 12.0. The van der Waals surface area contributed by atoms with Crippen molar-refractivity contribution in [2.24, 2.45) is 5.92 Å². The molecule has 2 N–H and O–H groups in total. The highest BCUT2D eigenvalue weighted by atomic mass is 35.5. The maximum absolute atomic E-state index is 12.0. The van der Waals surface area contributed by atoms with Gasteiger partial charge in [0.1, 0.15) is 11.8 Å². The Labute approximate surface area is 139 Å². The van der Waals surface area contributed by atoms with Crippen LogP contribution in [-0.4, -0.2) is 47.4 Å². The van der Waals surface area contributed by atoms with Crippen molar-refractivity contribution in [2.45, 2.75) is 25.4 Å². The van der Waals surface area contributed by atoms with Crippen molar-refractivity contribution in [3.05, 3.63) is 27.7 Å². The molecule has 1 aliphatic heterocycles. The molecule has 122 valence electrons. The molecule has 0 aliphatic carbocycles. The molecular formula is C15H19Cl2NO4. The molecule has 1 aromatic carbocycles. The molecule has 0 amide bonds. The van der Waals surface area contributed by atoms with Crippen molar-refractivity contribution in [1.29, 1.82) is 0 Å². The van der Waals surface area contributed by atoms with Gasteiger partial charge in [-0.25, -0.2) is 0 Å². The summed E-state index contributed by atoms with van der Waals surface area (Å²) in [5, 5.41) is 19.9. The summed E-state index contributed by atoms with van der Waals surface area (Å²) >= 11 is 11.8. The van der Waals surface area contributed by atoms with Crippen LogP contribution in [0, 0.1) is 5.92 Å². The number of hydrogen-bond acceptors (Lipinski definition) is 5. The lowest BCUT2D eigenvalue weighted by molar-refractivity contribution is -0.149. The first-order chi connectivity index (χ1) is 10.5. The minimum absolute atomic E-state index is 0.0438. The Morgan fingerprint density at radius 3 is 2.73 bits per heavy atom. The van der Waals surface area contributed by atoms with Gasteiger partial charge < -0.3 is 14.9 Å². The molecule has 5 nitrogen and oxygen atoms in total. The topological polar surface area (TPSA) is 70.0 Å². The quantitative estimate of drug-likeness (QED) is 0.818. The summed E-state index contributed by atoms with van der Waals surface area (Å²) in [5.74, 6) is -0.206. The zero-order chi connectivity index (χ0) is 16.3. The SMILES string of the molecule is COC(=O)C1CC(CO)CCN1Cc1cc(Cl)c(Cl)cc1O. The van der Waals surface area contributed by atoms with Crippen LogP contribution in [-0.2, 0) is 16.1 Å². The van der Waals surface area contributed by atoms with Gasteiger partial charge in [-0.15, -0.1) is 0 Å². The molecular weight excluding hydrogens is 329 g/mol. The van der Waals surface area contributed by atoms with Crippen LogP contribution in [0.3, 0.4) is 0 Å². The van der Waals surface area contributed by atoms with Crippen molar-refractivity contribution >= 4 is 29.2 Å². The summed E-state index contributed by atoms with van der Waals surface area (Å²) in [6.45, 7) is 1.05. The molecule has 1 fully saturated rings. The Morgan fingerprint density at radius 1 is 1.41 bits per heavy atom. The first-order valence-corrected chi connectivity index (χ1v) is 7.81. The van der Waals surface area contributed by atoms with Gasteiger partial charge in [0, 0.05) is 24.8 Å². The minimum Gasteiger partial charge on any atom is -0.508 e. The number of rotatable bonds is 4. The number of aliphatic hydroxyl groups excluding tert-OH is 1. The Kier molecular flexibility index (Phi) is 5.92. The smallest absolute Gasteiger partial charge is 0.323 e. The number of ether oxygens (including phenoxy) is 1. The summed E-state index contributed by atoms with van der Waals surface area (Å²) < 4.78 is 4.85. The van der Waals surface area contributed by atoms with Gasteiger partial charge in [-0.05, 0) is 31.4 Å². The van der Waals surface area contributed by atoms with Gasteiger partial charge in [0.25, 0.3) is 0 Å². The molecule has 0 saturated carbocycles. The number of aliphatic hydroxyl groups is 1. The van der Waals surface area contributed by atoms with E-state index in [9.17, 15) is 15.0 Å². The highest BCUT2D eigenvalue weighted by Gasteiger charge is 2.34. The molecule has 0 spiro atoms. The highest BCUT2D eigenvalue weighted by molar-refractivity contribution is 6.42. The van der Waals surface area contributed by atoms with Gasteiger partial charge >= 0.3 is 5.97 Å². The average molecular weight is 348 g/mol. The van der Waals surface area contributed by atoms with Crippen LogP contribution in [0.5, 0.6) is 5.75 Å². The third kappa shape index (κ3) is 3.84. The van der Waals surface area contributed by atoms with Gasteiger partial charge in [-0.1, -0.05) is 23.2 Å². The van der Waals surface area contributed by atoms with E-state index in [-0.39, 0.29) is 29.3 Å². The highest BCUT2D eigenvalue weighted by Crippen LogP contribution is 2.32. The molecule has 2 rings (SSSR count). The van der Waals surface area contributed by atoms with E-state index in [1.165, 1.54) is 13.2 Å². The van der Waals surface area contributed by atoms with Crippen LogP contribution in [0.25, 0.3) is 0 Å². The molecule has 1 aliphatic rings. The number of carbonyl (C=O) groups excluding carboxylic acids is 1. The Hall–Kier alpha value is -1.01. The Bertz CT molecular complexity index is 553. The number of phenols is 1. The first kappa shape index (κ1) is 17.3. The summed E-state index contributed by atoms with van der Waals surface area (Å²) in [7, 11) is 1.35. The van der Waals surface area contributed by atoms with E-state index in [2.05, 4.69) is 0 Å². The molecule has 0 radical (unpaired) electrons. The van der Waals surface area contributed by atoms with E-state index in [0.717, 1.165) is 6.42 Å². The summed E-state index contributed by atoms with van der Waals surface area (Å²) in [6.07, 6.45) is 1.32. The number of carbonyl (C=O) groups is 1. The number of nitrogens with zero attached hydrogens (tertiary/aromatic N) is 1. The van der Waals surface area contributed by atoms with Crippen molar-refractivity contribution in [1.82, 2.24) is 4.90 Å². The lowest BCUT2D eigenvalue weighted by atomic mass is 9.91. The largest absolute Gasteiger partial charge is 0.508 e. The van der Waals surface area contributed by atoms with Gasteiger partial charge in [0.2, 0.25) is 0 Å². The third-order valence-corrected chi connectivity index (χ3v) is 4.77.